The molecule has 0 bridgehead atoms. The molecular weight excluding hydrogens is 424 g/mol. The molecule has 1 atom stereocenters. The highest BCUT2D eigenvalue weighted by Crippen LogP contribution is 2.40. The van der Waals surface area contributed by atoms with E-state index < -0.39 is 29.4 Å². The van der Waals surface area contributed by atoms with Crippen LogP contribution in [0, 0.1) is 0 Å². The molecule has 32 heavy (non-hydrogen) atoms. The van der Waals surface area contributed by atoms with Crippen molar-refractivity contribution >= 4 is 23.6 Å². The Morgan fingerprint density at radius 3 is 2.62 bits per heavy atom. The fraction of sp³-hybridized carbons (Fsp3) is 0.545. The van der Waals surface area contributed by atoms with E-state index in [0.717, 1.165) is 6.42 Å². The van der Waals surface area contributed by atoms with Crippen LogP contribution in [0.3, 0.4) is 0 Å². The maximum atomic E-state index is 14.6. The molecule has 4 amide bonds. The number of fused-ring (bicyclic) bond motifs is 1. The Kier molecular flexibility index (Phi) is 5.74. The summed E-state index contributed by atoms with van der Waals surface area (Å²) in [7, 11) is 0. The van der Waals surface area contributed by atoms with Crippen molar-refractivity contribution in [3.63, 3.8) is 0 Å². The van der Waals surface area contributed by atoms with Gasteiger partial charge in [0.05, 0.1) is 0 Å². The highest BCUT2D eigenvalue weighted by atomic mass is 19.3. The Balaban J connectivity index is 1.42. The number of aliphatic hydroxyl groups is 1. The minimum Gasteiger partial charge on any atom is -0.383 e. The largest absolute Gasteiger partial charge is 0.383 e. The molecule has 1 aromatic rings. The van der Waals surface area contributed by atoms with Gasteiger partial charge in [-0.1, -0.05) is 31.4 Å². The maximum Gasteiger partial charge on any atom is 0.352 e. The Morgan fingerprint density at radius 2 is 1.94 bits per heavy atom. The van der Waals surface area contributed by atoms with Crippen LogP contribution in [0.25, 0.3) is 0 Å². The fourth-order valence-corrected chi connectivity index (χ4v) is 4.69. The summed E-state index contributed by atoms with van der Waals surface area (Å²) in [6.45, 7) is -0.0392. The Bertz CT molecular complexity index is 974. The van der Waals surface area contributed by atoms with Crippen LogP contribution in [0.15, 0.2) is 18.2 Å². The van der Waals surface area contributed by atoms with Crippen LogP contribution in [-0.2, 0) is 27.5 Å². The van der Waals surface area contributed by atoms with Gasteiger partial charge in [0.15, 0.2) is 0 Å². The van der Waals surface area contributed by atoms with Gasteiger partial charge in [0.1, 0.15) is 11.6 Å². The highest BCUT2D eigenvalue weighted by Gasteiger charge is 2.58. The first-order valence-electron chi connectivity index (χ1n) is 10.8. The molecule has 1 saturated carbocycles. The molecular formula is C22H25F2N3O5. The lowest BCUT2D eigenvalue weighted by atomic mass is 9.79. The normalized spacial score (nSPS) is 23.0. The number of hydrogen-bond acceptors (Lipinski definition) is 5. The molecule has 2 aliphatic heterocycles. The predicted octanol–water partition coefficient (Wildman–Crippen LogP) is 1.39. The summed E-state index contributed by atoms with van der Waals surface area (Å²) in [5.41, 5.74) is -0.806. The number of halogens is 2. The summed E-state index contributed by atoms with van der Waals surface area (Å²) in [6.07, 6.45) is 1.79. The second-order valence-electron chi connectivity index (χ2n) is 8.74. The predicted molar refractivity (Wildman–Crippen MR) is 107 cm³/mol. The van der Waals surface area contributed by atoms with E-state index in [-0.39, 0.29) is 50.6 Å². The lowest BCUT2D eigenvalue weighted by molar-refractivity contribution is -0.201. The number of amides is 4. The Hall–Kier alpha value is -2.88. The van der Waals surface area contributed by atoms with E-state index >= 15 is 0 Å². The molecule has 0 radical (unpaired) electrons. The molecule has 0 spiro atoms. The zero-order chi connectivity index (χ0) is 23.1. The van der Waals surface area contributed by atoms with Gasteiger partial charge < -0.3 is 15.3 Å². The fourth-order valence-electron chi connectivity index (χ4n) is 4.69. The second-order valence-corrected chi connectivity index (χ2v) is 8.74. The zero-order valence-electron chi connectivity index (χ0n) is 17.5. The number of nitrogens with zero attached hydrogens (tertiary/aromatic N) is 1. The number of rotatable bonds is 5. The van der Waals surface area contributed by atoms with Crippen LogP contribution >= 0.6 is 0 Å². The standard InChI is InChI=1S/C22H25F2N3O5/c23-22(24,21(32)8-2-1-3-9-21)20(31)25-11-13-4-5-15-14(10-13)12-27(19(15)30)16-6-7-17(28)26-18(16)29/h4-5,10,16,32H,1-3,6-9,11-12H2,(H,25,31)(H,26,28,29). The van der Waals surface area contributed by atoms with Crippen molar-refractivity contribution < 1.29 is 33.1 Å². The number of benzene rings is 1. The molecule has 172 valence electrons. The smallest absolute Gasteiger partial charge is 0.352 e. The number of alkyl halides is 2. The molecule has 3 aliphatic rings. The summed E-state index contributed by atoms with van der Waals surface area (Å²) in [5, 5.41) is 14.7. The lowest BCUT2D eigenvalue weighted by Gasteiger charge is -2.37. The molecule has 1 saturated heterocycles. The minimum atomic E-state index is -3.90. The average molecular weight is 449 g/mol. The van der Waals surface area contributed by atoms with Crippen LogP contribution in [-0.4, -0.2) is 51.2 Å². The van der Waals surface area contributed by atoms with Crippen molar-refractivity contribution in [2.45, 2.75) is 75.6 Å². The van der Waals surface area contributed by atoms with Crippen molar-refractivity contribution in [3.8, 4) is 0 Å². The van der Waals surface area contributed by atoms with E-state index in [1.165, 1.54) is 11.0 Å². The summed E-state index contributed by atoms with van der Waals surface area (Å²) in [6, 6.07) is 3.98. The van der Waals surface area contributed by atoms with E-state index in [4.69, 9.17) is 0 Å². The number of carbonyl (C=O) groups is 4. The molecule has 1 unspecified atom stereocenters. The molecule has 0 aromatic heterocycles. The van der Waals surface area contributed by atoms with Gasteiger partial charge in [-0.2, -0.15) is 8.78 Å². The van der Waals surface area contributed by atoms with E-state index in [9.17, 15) is 33.1 Å². The van der Waals surface area contributed by atoms with E-state index in [0.29, 0.717) is 29.5 Å². The van der Waals surface area contributed by atoms with Crippen molar-refractivity contribution in [2.75, 3.05) is 0 Å². The van der Waals surface area contributed by atoms with Gasteiger partial charge in [0.25, 0.3) is 11.8 Å². The van der Waals surface area contributed by atoms with Crippen LogP contribution < -0.4 is 10.6 Å². The molecule has 2 fully saturated rings. The number of carbonyl (C=O) groups excluding carboxylic acids is 4. The number of piperidine rings is 1. The van der Waals surface area contributed by atoms with Crippen LogP contribution in [0.5, 0.6) is 0 Å². The van der Waals surface area contributed by atoms with Crippen molar-refractivity contribution in [1.29, 1.82) is 0 Å². The molecule has 3 N–H and O–H groups in total. The maximum absolute atomic E-state index is 14.6. The Labute approximate surface area is 183 Å². The van der Waals surface area contributed by atoms with Gasteiger partial charge >= 0.3 is 5.92 Å². The van der Waals surface area contributed by atoms with Crippen LogP contribution in [0.4, 0.5) is 8.78 Å². The minimum absolute atomic E-state index is 0.120. The van der Waals surface area contributed by atoms with Crippen LogP contribution in [0.1, 0.15) is 66.4 Å². The molecule has 8 nitrogen and oxygen atoms in total. The summed E-state index contributed by atoms with van der Waals surface area (Å²) in [5.74, 6) is -6.65. The van der Waals surface area contributed by atoms with Gasteiger partial charge in [-0.3, -0.25) is 24.5 Å². The number of hydrogen-bond donors (Lipinski definition) is 3. The molecule has 2 heterocycles. The monoisotopic (exact) mass is 449 g/mol. The lowest BCUT2D eigenvalue weighted by Crippen LogP contribution is -2.57. The van der Waals surface area contributed by atoms with Gasteiger partial charge in [0.2, 0.25) is 11.8 Å². The van der Waals surface area contributed by atoms with E-state index in [1.54, 1.807) is 12.1 Å². The van der Waals surface area contributed by atoms with Crippen LogP contribution in [0.2, 0.25) is 0 Å². The molecule has 10 heteroatoms. The number of imide groups is 1. The summed E-state index contributed by atoms with van der Waals surface area (Å²) < 4.78 is 29.2. The van der Waals surface area contributed by atoms with Crippen molar-refractivity contribution in [3.05, 3.63) is 34.9 Å². The van der Waals surface area contributed by atoms with Crippen molar-refractivity contribution in [2.24, 2.45) is 0 Å². The topological polar surface area (TPSA) is 116 Å². The summed E-state index contributed by atoms with van der Waals surface area (Å²) in [4.78, 5) is 49.8. The first-order chi connectivity index (χ1) is 15.1. The molecule has 4 rings (SSSR count). The third kappa shape index (κ3) is 3.87. The van der Waals surface area contributed by atoms with Gasteiger partial charge in [-0.05, 0) is 36.5 Å². The molecule has 1 aromatic carbocycles. The number of nitrogens with one attached hydrogen (secondary N) is 2. The highest BCUT2D eigenvalue weighted by molar-refractivity contribution is 6.05. The summed E-state index contributed by atoms with van der Waals surface area (Å²) >= 11 is 0. The third-order valence-electron chi connectivity index (χ3n) is 6.59. The zero-order valence-corrected chi connectivity index (χ0v) is 17.5. The van der Waals surface area contributed by atoms with Gasteiger partial charge in [0, 0.05) is 25.1 Å². The van der Waals surface area contributed by atoms with Crippen molar-refractivity contribution in [1.82, 2.24) is 15.5 Å². The van der Waals surface area contributed by atoms with E-state index in [1.807, 2.05) is 0 Å². The van der Waals surface area contributed by atoms with Gasteiger partial charge in [-0.15, -0.1) is 0 Å². The SMILES string of the molecule is O=C1CCC(N2Cc3cc(CNC(=O)C(F)(F)C4(O)CCCCC4)ccc3C2=O)C(=O)N1. The quantitative estimate of drug-likeness (QED) is 0.588. The van der Waals surface area contributed by atoms with E-state index in [2.05, 4.69) is 10.6 Å². The average Bonchev–Trinajstić information content (AvgIpc) is 3.08. The van der Waals surface area contributed by atoms with Gasteiger partial charge in [-0.25, -0.2) is 0 Å². The first kappa shape index (κ1) is 22.3. The molecule has 1 aliphatic carbocycles. The Morgan fingerprint density at radius 1 is 1.22 bits per heavy atom. The second kappa shape index (κ2) is 8.23. The first-order valence-corrected chi connectivity index (χ1v) is 10.8. The third-order valence-corrected chi connectivity index (χ3v) is 6.59.